The molecule has 6 heteroatoms. The van der Waals surface area contributed by atoms with Gasteiger partial charge in [-0.05, 0) is 35.9 Å². The molecule has 0 aliphatic heterocycles. The number of hydrogen-bond acceptors (Lipinski definition) is 4. The van der Waals surface area contributed by atoms with Crippen LogP contribution in [0.2, 0.25) is 0 Å². The van der Waals surface area contributed by atoms with E-state index in [0.717, 1.165) is 0 Å². The molecule has 0 aliphatic rings. The second-order valence-electron chi connectivity index (χ2n) is 5.50. The molecule has 1 aromatic heterocycles. The van der Waals surface area contributed by atoms with Crippen molar-refractivity contribution >= 4 is 17.6 Å². The summed E-state index contributed by atoms with van der Waals surface area (Å²) in [7, 11) is 0. The van der Waals surface area contributed by atoms with Crippen molar-refractivity contribution in [3.63, 3.8) is 0 Å². The Bertz CT molecular complexity index is 909. The predicted octanol–water partition coefficient (Wildman–Crippen LogP) is 2.93. The van der Waals surface area contributed by atoms with Crippen molar-refractivity contribution in [3.8, 4) is 0 Å². The smallest absolute Gasteiger partial charge is 0.405 e. The van der Waals surface area contributed by atoms with E-state index in [4.69, 9.17) is 4.74 Å². The van der Waals surface area contributed by atoms with Gasteiger partial charge in [-0.3, -0.25) is 4.79 Å². The van der Waals surface area contributed by atoms with E-state index in [9.17, 15) is 14.8 Å². The van der Waals surface area contributed by atoms with Gasteiger partial charge < -0.3 is 15.3 Å². The zero-order chi connectivity index (χ0) is 18.4. The summed E-state index contributed by atoms with van der Waals surface area (Å²) in [5.74, 6) is -0.928. The lowest BCUT2D eigenvalue weighted by molar-refractivity contribution is -0.608. The van der Waals surface area contributed by atoms with E-state index in [1.165, 1.54) is 18.3 Å². The van der Waals surface area contributed by atoms with Gasteiger partial charge in [0.05, 0.1) is 0 Å². The predicted molar refractivity (Wildman–Crippen MR) is 95.4 cm³/mol. The fourth-order valence-corrected chi connectivity index (χ4v) is 2.29. The summed E-state index contributed by atoms with van der Waals surface area (Å²) < 4.78 is 5.59. The molecule has 0 bridgehead atoms. The van der Waals surface area contributed by atoms with Crippen LogP contribution in [0.1, 0.15) is 26.4 Å². The summed E-state index contributed by atoms with van der Waals surface area (Å²) in [6.07, 6.45) is 1.23. The number of esters is 1. The minimum Gasteiger partial charge on any atom is -0.618 e. The van der Waals surface area contributed by atoms with Crippen molar-refractivity contribution in [1.29, 1.82) is 0 Å². The van der Waals surface area contributed by atoms with Gasteiger partial charge in [-0.2, -0.15) is 4.73 Å². The van der Waals surface area contributed by atoms with E-state index in [1.54, 1.807) is 42.5 Å². The molecule has 0 spiro atoms. The van der Waals surface area contributed by atoms with Gasteiger partial charge in [-0.15, -0.1) is 0 Å². The zero-order valence-electron chi connectivity index (χ0n) is 13.8. The average Bonchev–Trinajstić information content (AvgIpc) is 2.67. The number of anilines is 1. The van der Waals surface area contributed by atoms with Crippen molar-refractivity contribution in [2.75, 3.05) is 5.32 Å². The Labute approximate surface area is 150 Å². The number of carbonyl (C=O) groups excluding carboxylic acids is 2. The lowest BCUT2D eigenvalue weighted by Crippen LogP contribution is -2.34. The molecule has 0 aliphatic carbocycles. The third kappa shape index (κ3) is 4.24. The topological polar surface area (TPSA) is 82.3 Å². The summed E-state index contributed by atoms with van der Waals surface area (Å²) in [6, 6.07) is 20.4. The highest BCUT2D eigenvalue weighted by molar-refractivity contribution is 6.04. The zero-order valence-corrected chi connectivity index (χ0v) is 13.8. The van der Waals surface area contributed by atoms with E-state index in [0.29, 0.717) is 21.5 Å². The first-order valence-corrected chi connectivity index (χ1v) is 7.94. The molecule has 1 N–H and O–H groups in total. The Hall–Kier alpha value is -3.67. The van der Waals surface area contributed by atoms with Gasteiger partial charge in [-0.1, -0.05) is 30.3 Å². The number of para-hydroxylation sites is 1. The van der Waals surface area contributed by atoms with Gasteiger partial charge >= 0.3 is 11.7 Å². The number of aromatic nitrogens is 1. The summed E-state index contributed by atoms with van der Waals surface area (Å²) in [6.45, 7) is 0.00825. The highest BCUT2D eigenvalue weighted by Gasteiger charge is 2.16. The van der Waals surface area contributed by atoms with Crippen molar-refractivity contribution in [2.45, 2.75) is 6.61 Å². The van der Waals surface area contributed by atoms with Crippen LogP contribution in [0.3, 0.4) is 0 Å². The molecule has 0 radical (unpaired) electrons. The summed E-state index contributed by atoms with van der Waals surface area (Å²) >= 11 is 0. The fourth-order valence-electron chi connectivity index (χ4n) is 2.29. The van der Waals surface area contributed by atoms with Crippen LogP contribution < -0.4 is 10.0 Å². The molecule has 0 unspecified atom stereocenters. The first-order chi connectivity index (χ1) is 12.6. The van der Waals surface area contributed by atoms with Crippen LogP contribution in [-0.2, 0) is 11.3 Å². The van der Waals surface area contributed by atoms with Crippen molar-refractivity contribution in [1.82, 2.24) is 0 Å². The molecule has 26 heavy (non-hydrogen) atoms. The fraction of sp³-hybridized carbons (Fsp3) is 0.0500. The Morgan fingerprint density at radius 3 is 2.31 bits per heavy atom. The van der Waals surface area contributed by atoms with Gasteiger partial charge in [0.1, 0.15) is 6.61 Å². The second-order valence-corrected chi connectivity index (χ2v) is 5.50. The van der Waals surface area contributed by atoms with E-state index in [1.807, 2.05) is 18.2 Å². The number of ether oxygens (including phenoxy) is 1. The molecular formula is C20H16N2O4. The number of rotatable bonds is 5. The van der Waals surface area contributed by atoms with Crippen LogP contribution in [0.25, 0.3) is 0 Å². The van der Waals surface area contributed by atoms with Crippen molar-refractivity contribution < 1.29 is 19.1 Å². The third-order valence-corrected chi connectivity index (χ3v) is 3.65. The second kappa shape index (κ2) is 7.94. The lowest BCUT2D eigenvalue weighted by Gasteiger charge is -2.07. The van der Waals surface area contributed by atoms with Crippen molar-refractivity contribution in [2.24, 2.45) is 0 Å². The maximum absolute atomic E-state index is 12.2. The van der Waals surface area contributed by atoms with Crippen LogP contribution in [0, 0.1) is 5.21 Å². The minimum absolute atomic E-state index is 0.00825. The molecule has 0 fully saturated rings. The molecule has 6 nitrogen and oxygen atoms in total. The first kappa shape index (κ1) is 17.2. The molecule has 2 aromatic carbocycles. The number of hydrogen-bond donors (Lipinski definition) is 1. The standard InChI is InChI=1S/C20H16N2O4/c23-19(21-17-6-2-1-3-7-17)16-11-9-15(10-12-16)14-26-20(24)18-8-4-5-13-22(18)25/h1-13H,14H2,(H,21,23). The maximum Gasteiger partial charge on any atom is 0.405 e. The maximum atomic E-state index is 12.2. The molecule has 3 aromatic rings. The molecule has 1 heterocycles. The number of nitrogens with one attached hydrogen (secondary N) is 1. The van der Waals surface area contributed by atoms with Gasteiger partial charge in [-0.25, -0.2) is 4.79 Å². The third-order valence-electron chi connectivity index (χ3n) is 3.65. The van der Waals surface area contributed by atoms with Crippen LogP contribution in [0.15, 0.2) is 79.0 Å². The SMILES string of the molecule is O=C(Nc1ccccc1)c1ccc(COC(=O)c2cccc[n+]2[O-])cc1. The Balaban J connectivity index is 1.58. The van der Waals surface area contributed by atoms with Crippen molar-refractivity contribution in [3.05, 3.63) is 101 Å². The number of carbonyl (C=O) groups is 2. The van der Waals surface area contributed by atoms with Crippen LogP contribution in [0.4, 0.5) is 5.69 Å². The first-order valence-electron chi connectivity index (χ1n) is 7.94. The van der Waals surface area contributed by atoms with Gasteiger partial charge in [0.2, 0.25) is 0 Å². The van der Waals surface area contributed by atoms with Gasteiger partial charge in [0.25, 0.3) is 5.91 Å². The number of pyridine rings is 1. The molecule has 1 amide bonds. The number of nitrogens with zero attached hydrogens (tertiary/aromatic N) is 1. The number of amides is 1. The Morgan fingerprint density at radius 1 is 0.923 bits per heavy atom. The van der Waals surface area contributed by atoms with Crippen LogP contribution >= 0.6 is 0 Å². The van der Waals surface area contributed by atoms with E-state index in [2.05, 4.69) is 5.32 Å². The Morgan fingerprint density at radius 2 is 1.62 bits per heavy atom. The van der Waals surface area contributed by atoms with E-state index >= 15 is 0 Å². The van der Waals surface area contributed by atoms with Gasteiger partial charge in [0, 0.05) is 23.4 Å². The minimum atomic E-state index is -0.702. The molecule has 0 saturated heterocycles. The number of benzene rings is 2. The summed E-state index contributed by atoms with van der Waals surface area (Å²) in [5, 5.41) is 14.3. The monoisotopic (exact) mass is 348 g/mol. The molecule has 130 valence electrons. The molecular weight excluding hydrogens is 332 g/mol. The Kier molecular flexibility index (Phi) is 5.24. The lowest BCUT2D eigenvalue weighted by atomic mass is 10.1. The molecule has 3 rings (SSSR count). The van der Waals surface area contributed by atoms with E-state index < -0.39 is 5.97 Å². The van der Waals surface area contributed by atoms with Gasteiger partial charge in [0.15, 0.2) is 6.20 Å². The average molecular weight is 348 g/mol. The highest BCUT2D eigenvalue weighted by Crippen LogP contribution is 2.11. The largest absolute Gasteiger partial charge is 0.618 e. The summed E-state index contributed by atoms with van der Waals surface area (Å²) in [4.78, 5) is 24.1. The van der Waals surface area contributed by atoms with Crippen LogP contribution in [0.5, 0.6) is 0 Å². The summed E-state index contributed by atoms with van der Waals surface area (Å²) in [5.41, 5.74) is 1.84. The van der Waals surface area contributed by atoms with E-state index in [-0.39, 0.29) is 18.2 Å². The normalized spacial score (nSPS) is 10.2. The molecule has 0 atom stereocenters. The molecule has 0 saturated carbocycles. The van der Waals surface area contributed by atoms with Crippen LogP contribution in [-0.4, -0.2) is 11.9 Å². The highest BCUT2D eigenvalue weighted by atomic mass is 16.5. The quantitative estimate of drug-likeness (QED) is 0.437.